The molecule has 0 spiro atoms. The van der Waals surface area contributed by atoms with Crippen LogP contribution in [0.5, 0.6) is 0 Å². The summed E-state index contributed by atoms with van der Waals surface area (Å²) in [5.74, 6) is -0.193. The van der Waals surface area contributed by atoms with Crippen LogP contribution in [0.2, 0.25) is 0 Å². The van der Waals surface area contributed by atoms with E-state index in [9.17, 15) is 4.39 Å². The monoisotopic (exact) mass is 381 g/mol. The molecule has 0 fully saturated rings. The number of benzene rings is 1. The van der Waals surface area contributed by atoms with Gasteiger partial charge in [0.1, 0.15) is 5.82 Å². The van der Waals surface area contributed by atoms with Gasteiger partial charge in [0.15, 0.2) is 0 Å². The van der Waals surface area contributed by atoms with Crippen LogP contribution < -0.4 is 0 Å². The summed E-state index contributed by atoms with van der Waals surface area (Å²) in [4.78, 5) is 0. The third-order valence-corrected chi connectivity index (χ3v) is 3.77. The molecule has 0 amide bonds. The van der Waals surface area contributed by atoms with Gasteiger partial charge < -0.3 is 4.57 Å². The molecule has 0 bridgehead atoms. The summed E-state index contributed by atoms with van der Waals surface area (Å²) >= 11 is 5.66. The van der Waals surface area contributed by atoms with Crippen molar-refractivity contribution in [1.29, 1.82) is 0 Å². The third-order valence-electron chi connectivity index (χ3n) is 2.31. The Hall–Kier alpha value is -0.100. The molecule has 0 unspecified atom stereocenters. The summed E-state index contributed by atoms with van der Waals surface area (Å²) in [6.45, 7) is 3.10. The minimum Gasteiger partial charge on any atom is -0.345 e. The van der Waals surface area contributed by atoms with E-state index >= 15 is 0 Å². The standard InChI is InChI=1S/C11H10BrFIN/c1-2-3-15-6-10(14)8-4-7(13)5-9(12)11(8)15/h4-6H,2-3H2,1H3. The second kappa shape index (κ2) is 4.41. The van der Waals surface area contributed by atoms with E-state index in [0.717, 1.165) is 31.9 Å². The number of rotatable bonds is 2. The molecule has 1 aromatic carbocycles. The maximum atomic E-state index is 13.2. The molecule has 1 heterocycles. The van der Waals surface area contributed by atoms with Crippen LogP contribution in [0.15, 0.2) is 22.8 Å². The zero-order valence-corrected chi connectivity index (χ0v) is 12.0. The highest BCUT2D eigenvalue weighted by Gasteiger charge is 2.10. The van der Waals surface area contributed by atoms with E-state index in [1.54, 1.807) is 6.07 Å². The molecule has 15 heavy (non-hydrogen) atoms. The number of aromatic nitrogens is 1. The van der Waals surface area contributed by atoms with Gasteiger partial charge in [0.25, 0.3) is 0 Å². The van der Waals surface area contributed by atoms with Crippen LogP contribution in [-0.4, -0.2) is 4.57 Å². The molecule has 0 aliphatic heterocycles. The van der Waals surface area contributed by atoms with E-state index < -0.39 is 0 Å². The minimum atomic E-state index is -0.193. The van der Waals surface area contributed by atoms with Crippen LogP contribution in [0.4, 0.5) is 4.39 Å². The van der Waals surface area contributed by atoms with Gasteiger partial charge in [-0.05, 0) is 57.1 Å². The Balaban J connectivity index is 2.75. The van der Waals surface area contributed by atoms with Crippen molar-refractivity contribution in [3.8, 4) is 0 Å². The van der Waals surface area contributed by atoms with Gasteiger partial charge in [0.05, 0.1) is 5.52 Å². The molecular formula is C11H10BrFIN. The van der Waals surface area contributed by atoms with Gasteiger partial charge in [-0.3, -0.25) is 0 Å². The molecule has 0 atom stereocenters. The normalized spacial score (nSPS) is 11.2. The molecule has 0 N–H and O–H groups in total. The van der Waals surface area contributed by atoms with Crippen molar-refractivity contribution in [3.63, 3.8) is 0 Å². The van der Waals surface area contributed by atoms with Crippen molar-refractivity contribution in [1.82, 2.24) is 4.57 Å². The molecular weight excluding hydrogens is 372 g/mol. The molecule has 4 heteroatoms. The van der Waals surface area contributed by atoms with Crippen molar-refractivity contribution in [3.05, 3.63) is 32.2 Å². The Labute approximate surface area is 110 Å². The highest BCUT2D eigenvalue weighted by molar-refractivity contribution is 14.1. The summed E-state index contributed by atoms with van der Waals surface area (Å²) in [5.41, 5.74) is 1.09. The molecule has 2 aromatic rings. The summed E-state index contributed by atoms with van der Waals surface area (Å²) in [5, 5.41) is 0.982. The Morgan fingerprint density at radius 2 is 2.20 bits per heavy atom. The number of nitrogens with zero attached hydrogens (tertiary/aromatic N) is 1. The molecule has 1 aromatic heterocycles. The second-order valence-corrected chi connectivity index (χ2v) is 5.47. The van der Waals surface area contributed by atoms with E-state index in [2.05, 4.69) is 56.2 Å². The predicted octanol–water partition coefficient (Wildman–Crippen LogP) is 4.56. The zero-order valence-electron chi connectivity index (χ0n) is 8.23. The predicted molar refractivity (Wildman–Crippen MR) is 72.6 cm³/mol. The third kappa shape index (κ3) is 2.06. The van der Waals surface area contributed by atoms with E-state index in [0.29, 0.717) is 0 Å². The number of halogens is 3. The minimum absolute atomic E-state index is 0.193. The Morgan fingerprint density at radius 1 is 1.47 bits per heavy atom. The topological polar surface area (TPSA) is 4.93 Å². The first-order chi connectivity index (χ1) is 7.13. The Morgan fingerprint density at radius 3 is 2.87 bits per heavy atom. The van der Waals surface area contributed by atoms with Crippen LogP contribution in [0.25, 0.3) is 10.9 Å². The summed E-state index contributed by atoms with van der Waals surface area (Å²) < 4.78 is 17.3. The Kier molecular flexibility index (Phi) is 3.35. The largest absolute Gasteiger partial charge is 0.345 e. The van der Waals surface area contributed by atoms with Gasteiger partial charge in [0, 0.05) is 26.2 Å². The average molecular weight is 382 g/mol. The van der Waals surface area contributed by atoms with Crippen LogP contribution in [-0.2, 0) is 6.54 Å². The number of aryl methyl sites for hydroxylation is 1. The SMILES string of the molecule is CCCn1cc(I)c2cc(F)cc(Br)c21. The second-order valence-electron chi connectivity index (χ2n) is 3.45. The smallest absolute Gasteiger partial charge is 0.125 e. The average Bonchev–Trinajstić information content (AvgIpc) is 2.44. The van der Waals surface area contributed by atoms with Crippen molar-refractivity contribution >= 4 is 49.4 Å². The lowest BCUT2D eigenvalue weighted by atomic mass is 10.2. The molecule has 80 valence electrons. The van der Waals surface area contributed by atoms with Gasteiger partial charge >= 0.3 is 0 Å². The summed E-state index contributed by atoms with van der Waals surface area (Å²) in [7, 11) is 0. The van der Waals surface area contributed by atoms with E-state index in [1.807, 2.05) is 0 Å². The van der Waals surface area contributed by atoms with Crippen LogP contribution >= 0.6 is 38.5 Å². The van der Waals surface area contributed by atoms with Crippen molar-refractivity contribution in [2.75, 3.05) is 0 Å². The zero-order chi connectivity index (χ0) is 11.0. The van der Waals surface area contributed by atoms with Crippen LogP contribution in [0, 0.1) is 9.39 Å². The van der Waals surface area contributed by atoms with Gasteiger partial charge in [-0.25, -0.2) is 4.39 Å². The molecule has 0 aliphatic rings. The highest BCUT2D eigenvalue weighted by Crippen LogP contribution is 2.30. The van der Waals surface area contributed by atoms with E-state index in [-0.39, 0.29) is 5.82 Å². The van der Waals surface area contributed by atoms with Gasteiger partial charge in [0.2, 0.25) is 0 Å². The summed E-state index contributed by atoms with van der Waals surface area (Å²) in [6.07, 6.45) is 3.14. The number of fused-ring (bicyclic) bond motifs is 1. The van der Waals surface area contributed by atoms with Crippen LogP contribution in [0.1, 0.15) is 13.3 Å². The molecule has 0 aliphatic carbocycles. The van der Waals surface area contributed by atoms with Gasteiger partial charge in [-0.1, -0.05) is 6.92 Å². The molecule has 2 rings (SSSR count). The molecule has 0 saturated heterocycles. The lowest BCUT2D eigenvalue weighted by molar-refractivity contribution is 0.628. The lowest BCUT2D eigenvalue weighted by Gasteiger charge is -2.04. The fourth-order valence-electron chi connectivity index (χ4n) is 1.73. The molecule has 0 radical (unpaired) electrons. The maximum Gasteiger partial charge on any atom is 0.125 e. The van der Waals surface area contributed by atoms with Crippen molar-refractivity contribution in [2.45, 2.75) is 19.9 Å². The molecule has 1 nitrogen and oxygen atoms in total. The van der Waals surface area contributed by atoms with Gasteiger partial charge in [-0.15, -0.1) is 0 Å². The fourth-order valence-corrected chi connectivity index (χ4v) is 3.14. The Bertz CT molecular complexity index is 507. The van der Waals surface area contributed by atoms with E-state index in [4.69, 9.17) is 0 Å². The number of hydrogen-bond donors (Lipinski definition) is 0. The first-order valence-corrected chi connectivity index (χ1v) is 6.64. The summed E-state index contributed by atoms with van der Waals surface area (Å²) in [6, 6.07) is 3.11. The molecule has 0 saturated carbocycles. The maximum absolute atomic E-state index is 13.2. The highest BCUT2D eigenvalue weighted by atomic mass is 127. The fraction of sp³-hybridized carbons (Fsp3) is 0.273. The quantitative estimate of drug-likeness (QED) is 0.672. The van der Waals surface area contributed by atoms with Gasteiger partial charge in [-0.2, -0.15) is 0 Å². The van der Waals surface area contributed by atoms with Crippen LogP contribution in [0.3, 0.4) is 0 Å². The van der Waals surface area contributed by atoms with Crippen molar-refractivity contribution < 1.29 is 4.39 Å². The first-order valence-electron chi connectivity index (χ1n) is 4.77. The van der Waals surface area contributed by atoms with E-state index in [1.165, 1.54) is 6.07 Å². The first kappa shape index (κ1) is 11.4. The lowest BCUT2D eigenvalue weighted by Crippen LogP contribution is -1.94. The number of hydrogen-bond acceptors (Lipinski definition) is 0. The van der Waals surface area contributed by atoms with Crippen molar-refractivity contribution in [2.24, 2.45) is 0 Å².